The number of benzene rings is 2. The summed E-state index contributed by atoms with van der Waals surface area (Å²) in [5.41, 5.74) is 1.97. The first-order chi connectivity index (χ1) is 13.1. The zero-order chi connectivity index (χ0) is 18.4. The van der Waals surface area contributed by atoms with Gasteiger partial charge in [-0.1, -0.05) is 12.1 Å². The maximum atomic E-state index is 13.4. The van der Waals surface area contributed by atoms with Gasteiger partial charge in [-0.3, -0.25) is 0 Å². The van der Waals surface area contributed by atoms with Crippen molar-refractivity contribution in [2.75, 3.05) is 19.8 Å². The molecule has 140 valence electrons. The fourth-order valence-corrected chi connectivity index (χ4v) is 6.18. The lowest BCUT2D eigenvalue weighted by molar-refractivity contribution is 0.171. The van der Waals surface area contributed by atoms with E-state index in [1.54, 1.807) is 22.5 Å². The highest BCUT2D eigenvalue weighted by Crippen LogP contribution is 2.41. The van der Waals surface area contributed by atoms with Crippen molar-refractivity contribution in [2.45, 2.75) is 23.8 Å². The van der Waals surface area contributed by atoms with Gasteiger partial charge in [-0.25, -0.2) is 8.42 Å². The first-order valence-corrected chi connectivity index (χ1v) is 10.9. The third-order valence-corrected chi connectivity index (χ3v) is 7.47. The minimum Gasteiger partial charge on any atom is -0.486 e. The van der Waals surface area contributed by atoms with Crippen LogP contribution in [0.4, 0.5) is 0 Å². The molecule has 9 heteroatoms. The Morgan fingerprint density at radius 2 is 1.93 bits per heavy atom. The van der Waals surface area contributed by atoms with E-state index in [0.29, 0.717) is 42.3 Å². The summed E-state index contributed by atoms with van der Waals surface area (Å²) in [6.45, 7) is 1.51. The molecule has 3 heterocycles. The topological polar surface area (TPSA) is 81.6 Å². The quantitative estimate of drug-likeness (QED) is 0.669. The van der Waals surface area contributed by atoms with E-state index in [1.807, 2.05) is 18.2 Å². The predicted molar refractivity (Wildman–Crippen MR) is 101 cm³/mol. The summed E-state index contributed by atoms with van der Waals surface area (Å²) in [4.78, 5) is 0.221. The molecule has 7 nitrogen and oxygen atoms in total. The number of aromatic nitrogens is 2. The summed E-state index contributed by atoms with van der Waals surface area (Å²) in [5.74, 6) is 1.38. The summed E-state index contributed by atoms with van der Waals surface area (Å²) >= 11 is 1.02. The van der Waals surface area contributed by atoms with Crippen LogP contribution < -0.4 is 9.47 Å². The summed E-state index contributed by atoms with van der Waals surface area (Å²) in [6.07, 6.45) is 1.58. The lowest BCUT2D eigenvalue weighted by Crippen LogP contribution is -2.31. The Morgan fingerprint density at radius 3 is 2.81 bits per heavy atom. The number of fused-ring (bicyclic) bond motifs is 2. The van der Waals surface area contributed by atoms with E-state index in [4.69, 9.17) is 9.47 Å². The Balaban J connectivity index is 1.55. The average molecular weight is 403 g/mol. The Bertz CT molecular complexity index is 1110. The van der Waals surface area contributed by atoms with Gasteiger partial charge in [0.1, 0.15) is 29.1 Å². The van der Waals surface area contributed by atoms with Crippen LogP contribution in [0.15, 0.2) is 41.3 Å². The van der Waals surface area contributed by atoms with E-state index >= 15 is 0 Å². The van der Waals surface area contributed by atoms with Crippen molar-refractivity contribution in [3.63, 3.8) is 0 Å². The second kappa shape index (κ2) is 6.43. The monoisotopic (exact) mass is 403 g/mol. The van der Waals surface area contributed by atoms with Gasteiger partial charge >= 0.3 is 0 Å². The molecule has 5 rings (SSSR count). The molecule has 0 saturated carbocycles. The Kier molecular flexibility index (Phi) is 4.03. The van der Waals surface area contributed by atoms with Crippen molar-refractivity contribution >= 4 is 32.8 Å². The second-order valence-corrected chi connectivity index (χ2v) is 8.95. The van der Waals surface area contributed by atoms with Gasteiger partial charge in [-0.15, -0.1) is 0 Å². The number of nitrogens with zero attached hydrogens (tertiary/aromatic N) is 3. The highest BCUT2D eigenvalue weighted by molar-refractivity contribution is 7.89. The summed E-state index contributed by atoms with van der Waals surface area (Å²) < 4.78 is 48.0. The molecule has 3 aromatic rings. The van der Waals surface area contributed by atoms with Crippen LogP contribution >= 0.6 is 11.7 Å². The highest BCUT2D eigenvalue weighted by atomic mass is 32.2. The fraction of sp³-hybridized carbons (Fsp3) is 0.333. The van der Waals surface area contributed by atoms with Crippen LogP contribution in [0.2, 0.25) is 0 Å². The molecule has 1 atom stereocenters. The second-order valence-electron chi connectivity index (χ2n) is 6.56. The van der Waals surface area contributed by atoms with Crippen LogP contribution in [0.1, 0.15) is 24.4 Å². The van der Waals surface area contributed by atoms with E-state index in [1.165, 1.54) is 0 Å². The first-order valence-electron chi connectivity index (χ1n) is 8.77. The number of ether oxygens (including phenoxy) is 2. The Morgan fingerprint density at radius 1 is 1.07 bits per heavy atom. The molecule has 1 unspecified atom stereocenters. The van der Waals surface area contributed by atoms with E-state index in [9.17, 15) is 8.42 Å². The smallest absolute Gasteiger partial charge is 0.245 e. The molecule has 1 saturated heterocycles. The predicted octanol–water partition coefficient (Wildman–Crippen LogP) is 2.99. The van der Waals surface area contributed by atoms with E-state index in [-0.39, 0.29) is 10.9 Å². The molecule has 0 spiro atoms. The maximum absolute atomic E-state index is 13.4. The van der Waals surface area contributed by atoms with Crippen LogP contribution in [0.3, 0.4) is 0 Å². The van der Waals surface area contributed by atoms with Gasteiger partial charge in [0.15, 0.2) is 11.5 Å². The molecule has 0 amide bonds. The van der Waals surface area contributed by atoms with Gasteiger partial charge in [-0.2, -0.15) is 13.1 Å². The molecule has 1 fully saturated rings. The molecule has 2 aliphatic heterocycles. The van der Waals surface area contributed by atoms with Crippen molar-refractivity contribution in [1.82, 2.24) is 13.1 Å². The average Bonchev–Trinajstić information content (AvgIpc) is 3.37. The van der Waals surface area contributed by atoms with Gasteiger partial charge in [-0.05, 0) is 42.7 Å². The van der Waals surface area contributed by atoms with Crippen molar-refractivity contribution in [1.29, 1.82) is 0 Å². The normalized spacial score (nSPS) is 20.2. The zero-order valence-corrected chi connectivity index (χ0v) is 16.0. The lowest BCUT2D eigenvalue weighted by Gasteiger charge is -2.26. The first kappa shape index (κ1) is 16.9. The van der Waals surface area contributed by atoms with Crippen LogP contribution in [0.25, 0.3) is 11.0 Å². The summed E-state index contributed by atoms with van der Waals surface area (Å²) in [7, 11) is -3.69. The van der Waals surface area contributed by atoms with Crippen LogP contribution in [0.5, 0.6) is 11.5 Å². The molecule has 1 aromatic heterocycles. The summed E-state index contributed by atoms with van der Waals surface area (Å²) in [6, 6.07) is 10.6. The van der Waals surface area contributed by atoms with E-state index in [2.05, 4.69) is 8.75 Å². The number of sulfonamides is 1. The molecule has 2 aliphatic rings. The molecule has 0 radical (unpaired) electrons. The van der Waals surface area contributed by atoms with E-state index in [0.717, 1.165) is 30.1 Å². The number of hydrogen-bond donors (Lipinski definition) is 0. The van der Waals surface area contributed by atoms with Gasteiger partial charge in [0, 0.05) is 6.54 Å². The molecular formula is C18H17N3O4S2. The molecular weight excluding hydrogens is 386 g/mol. The van der Waals surface area contributed by atoms with Crippen molar-refractivity contribution in [3.8, 4) is 11.5 Å². The molecule has 2 aromatic carbocycles. The van der Waals surface area contributed by atoms with Crippen LogP contribution in [-0.2, 0) is 10.0 Å². The van der Waals surface area contributed by atoms with Gasteiger partial charge in [0.2, 0.25) is 10.0 Å². The van der Waals surface area contributed by atoms with Crippen molar-refractivity contribution < 1.29 is 17.9 Å². The van der Waals surface area contributed by atoms with Gasteiger partial charge in [0.05, 0.1) is 17.8 Å². The maximum Gasteiger partial charge on any atom is 0.245 e. The largest absolute Gasteiger partial charge is 0.486 e. The van der Waals surface area contributed by atoms with Gasteiger partial charge < -0.3 is 9.47 Å². The minimum absolute atomic E-state index is 0.221. The van der Waals surface area contributed by atoms with Crippen molar-refractivity contribution in [3.05, 3.63) is 42.0 Å². The molecule has 27 heavy (non-hydrogen) atoms. The minimum atomic E-state index is -3.69. The van der Waals surface area contributed by atoms with Gasteiger partial charge in [0.25, 0.3) is 0 Å². The molecule has 0 N–H and O–H groups in total. The third-order valence-electron chi connectivity index (χ3n) is 4.99. The highest BCUT2D eigenvalue weighted by Gasteiger charge is 2.38. The SMILES string of the molecule is O=S(=O)(c1cccc2nsnc12)N1CCCC1c1ccc2c(c1)OCCO2. The molecule has 0 bridgehead atoms. The van der Waals surface area contributed by atoms with Crippen molar-refractivity contribution in [2.24, 2.45) is 0 Å². The lowest BCUT2D eigenvalue weighted by atomic mass is 10.0. The third kappa shape index (κ3) is 2.77. The fourth-order valence-electron chi connectivity index (χ4n) is 3.74. The molecule has 0 aliphatic carbocycles. The van der Waals surface area contributed by atoms with E-state index < -0.39 is 10.0 Å². The standard InChI is InChI=1S/C18H17N3O4S2/c22-27(23,17-5-1-3-13-18(17)20-26-19-13)21-8-2-4-14(21)12-6-7-15-16(11-12)25-10-9-24-15/h1,3,5-7,11,14H,2,4,8-10H2. The number of hydrogen-bond acceptors (Lipinski definition) is 7. The zero-order valence-electron chi connectivity index (χ0n) is 14.4. The Labute approximate surface area is 160 Å². The van der Waals surface area contributed by atoms with Crippen LogP contribution in [-0.4, -0.2) is 41.2 Å². The number of rotatable bonds is 3. The Hall–Kier alpha value is -2.23. The van der Waals surface area contributed by atoms with Crippen LogP contribution in [0, 0.1) is 0 Å². The summed E-state index contributed by atoms with van der Waals surface area (Å²) in [5, 5.41) is 0.